The van der Waals surface area contributed by atoms with Crippen LogP contribution in [0.1, 0.15) is 22.5 Å². The molecule has 0 aliphatic carbocycles. The van der Waals surface area contributed by atoms with Gasteiger partial charge in [-0.05, 0) is 66.9 Å². The third-order valence-corrected chi connectivity index (χ3v) is 6.25. The third kappa shape index (κ3) is 3.76. The van der Waals surface area contributed by atoms with Crippen LogP contribution in [0.2, 0.25) is 0 Å². The molecule has 2 aromatic carbocycles. The van der Waals surface area contributed by atoms with Gasteiger partial charge in [-0.3, -0.25) is 9.52 Å². The number of ether oxygens (including phenoxy) is 1. The van der Waals surface area contributed by atoms with Crippen LogP contribution in [0.25, 0.3) is 0 Å². The van der Waals surface area contributed by atoms with E-state index < -0.39 is 15.8 Å². The van der Waals surface area contributed by atoms with Crippen LogP contribution < -0.4 is 14.4 Å². The number of fused-ring (bicyclic) bond motifs is 1. The zero-order valence-corrected chi connectivity index (χ0v) is 16.9. The van der Waals surface area contributed by atoms with Gasteiger partial charge in [0.2, 0.25) is 0 Å². The number of nitrogens with zero attached hydrogens (tertiary/aromatic N) is 1. The number of hydrogen-bond donors (Lipinski definition) is 1. The largest absolute Gasteiger partial charge is 0.495 e. The van der Waals surface area contributed by atoms with E-state index in [9.17, 15) is 17.6 Å². The first-order chi connectivity index (χ1) is 14.4. The lowest BCUT2D eigenvalue weighted by Crippen LogP contribution is -2.35. The van der Waals surface area contributed by atoms with E-state index in [1.807, 2.05) is 0 Å². The van der Waals surface area contributed by atoms with E-state index >= 15 is 0 Å². The Morgan fingerprint density at radius 2 is 2.03 bits per heavy atom. The number of carbonyl (C=O) groups excluding carboxylic acids is 1. The summed E-state index contributed by atoms with van der Waals surface area (Å²) in [5, 5.41) is 0. The maximum absolute atomic E-state index is 13.6. The van der Waals surface area contributed by atoms with Gasteiger partial charge in [0, 0.05) is 17.9 Å². The van der Waals surface area contributed by atoms with Gasteiger partial charge in [-0.15, -0.1) is 0 Å². The van der Waals surface area contributed by atoms with Crippen molar-refractivity contribution in [2.75, 3.05) is 23.3 Å². The molecular formula is C21H19FN2O5S. The number of rotatable bonds is 5. The number of methoxy groups -OCH3 is 1. The Morgan fingerprint density at radius 3 is 2.77 bits per heavy atom. The summed E-state index contributed by atoms with van der Waals surface area (Å²) in [7, 11) is -2.77. The van der Waals surface area contributed by atoms with Crippen LogP contribution in [0.15, 0.2) is 64.1 Å². The van der Waals surface area contributed by atoms with Crippen LogP contribution in [0.5, 0.6) is 5.75 Å². The summed E-state index contributed by atoms with van der Waals surface area (Å²) in [5.41, 5.74) is 1.84. The van der Waals surface area contributed by atoms with Gasteiger partial charge in [0.1, 0.15) is 16.5 Å². The molecule has 1 N–H and O–H groups in total. The molecule has 0 unspecified atom stereocenters. The number of sulfonamides is 1. The van der Waals surface area contributed by atoms with Gasteiger partial charge in [0.15, 0.2) is 5.76 Å². The molecule has 3 aromatic rings. The second-order valence-corrected chi connectivity index (χ2v) is 8.43. The van der Waals surface area contributed by atoms with Gasteiger partial charge in [-0.2, -0.15) is 0 Å². The van der Waals surface area contributed by atoms with E-state index in [-0.39, 0.29) is 22.3 Å². The first-order valence-corrected chi connectivity index (χ1v) is 10.7. The quantitative estimate of drug-likeness (QED) is 0.665. The summed E-state index contributed by atoms with van der Waals surface area (Å²) in [5.74, 6) is -0.657. The first kappa shape index (κ1) is 20.0. The van der Waals surface area contributed by atoms with Crippen molar-refractivity contribution in [2.24, 2.45) is 0 Å². The Balaban J connectivity index is 1.63. The van der Waals surface area contributed by atoms with E-state index in [4.69, 9.17) is 9.15 Å². The normalized spacial score (nSPS) is 13.6. The number of benzene rings is 2. The van der Waals surface area contributed by atoms with Gasteiger partial charge >= 0.3 is 0 Å². The predicted octanol–water partition coefficient (Wildman–Crippen LogP) is 3.82. The summed E-state index contributed by atoms with van der Waals surface area (Å²) in [6, 6.07) is 11.5. The number of nitrogens with one attached hydrogen (secondary N) is 1. The minimum Gasteiger partial charge on any atom is -0.495 e. The predicted molar refractivity (Wildman–Crippen MR) is 109 cm³/mol. The molecule has 4 rings (SSSR count). The highest BCUT2D eigenvalue weighted by molar-refractivity contribution is 7.92. The summed E-state index contributed by atoms with van der Waals surface area (Å²) in [6.45, 7) is 0.540. The van der Waals surface area contributed by atoms with Crippen molar-refractivity contribution in [3.8, 4) is 5.75 Å². The number of halogens is 1. The van der Waals surface area contributed by atoms with Gasteiger partial charge in [-0.1, -0.05) is 0 Å². The van der Waals surface area contributed by atoms with Crippen LogP contribution >= 0.6 is 0 Å². The Morgan fingerprint density at radius 1 is 1.20 bits per heavy atom. The van der Waals surface area contributed by atoms with E-state index in [2.05, 4.69) is 4.72 Å². The third-order valence-electron chi connectivity index (χ3n) is 4.84. The average Bonchev–Trinajstić information content (AvgIpc) is 3.27. The Hall–Kier alpha value is -3.33. The molecule has 30 heavy (non-hydrogen) atoms. The lowest BCUT2D eigenvalue weighted by Gasteiger charge is -2.29. The minimum absolute atomic E-state index is 0.0390. The number of amides is 1. The van der Waals surface area contributed by atoms with Crippen LogP contribution in [0.4, 0.5) is 15.8 Å². The van der Waals surface area contributed by atoms with Gasteiger partial charge in [-0.25, -0.2) is 12.8 Å². The molecule has 1 aliphatic rings. The van der Waals surface area contributed by atoms with Crippen molar-refractivity contribution in [3.05, 3.63) is 71.9 Å². The molecule has 0 saturated carbocycles. The van der Waals surface area contributed by atoms with Crippen LogP contribution in [0.3, 0.4) is 0 Å². The summed E-state index contributed by atoms with van der Waals surface area (Å²) in [6.07, 6.45) is 2.86. The second-order valence-electron chi connectivity index (χ2n) is 6.78. The molecule has 0 bridgehead atoms. The van der Waals surface area contributed by atoms with Crippen molar-refractivity contribution in [3.63, 3.8) is 0 Å². The monoisotopic (exact) mass is 430 g/mol. The number of anilines is 2. The number of furan rings is 1. The molecule has 1 aromatic heterocycles. The number of aryl methyl sites for hydroxylation is 1. The van der Waals surface area contributed by atoms with Crippen molar-refractivity contribution in [1.82, 2.24) is 0 Å². The highest BCUT2D eigenvalue weighted by Crippen LogP contribution is 2.32. The van der Waals surface area contributed by atoms with Crippen molar-refractivity contribution in [1.29, 1.82) is 0 Å². The number of hydrogen-bond acceptors (Lipinski definition) is 5. The Labute approximate surface area is 173 Å². The lowest BCUT2D eigenvalue weighted by atomic mass is 10.0. The minimum atomic E-state index is -4.08. The van der Waals surface area contributed by atoms with E-state index in [0.717, 1.165) is 24.1 Å². The molecule has 0 saturated heterocycles. The molecule has 0 radical (unpaired) electrons. The SMILES string of the molecule is COc1ccc(F)cc1S(=O)(=O)Nc1ccc2c(c1)CCCN2C(=O)c1ccco1. The van der Waals surface area contributed by atoms with Gasteiger partial charge in [0.25, 0.3) is 15.9 Å². The summed E-state index contributed by atoms with van der Waals surface area (Å²) in [4.78, 5) is 14.0. The average molecular weight is 430 g/mol. The van der Waals surface area contributed by atoms with Crippen LogP contribution in [0, 0.1) is 5.82 Å². The molecular weight excluding hydrogens is 411 g/mol. The van der Waals surface area contributed by atoms with Gasteiger partial charge in [0.05, 0.1) is 13.4 Å². The molecule has 1 amide bonds. The molecule has 0 atom stereocenters. The maximum Gasteiger partial charge on any atom is 0.293 e. The van der Waals surface area contributed by atoms with Crippen LogP contribution in [-0.2, 0) is 16.4 Å². The van der Waals surface area contributed by atoms with Gasteiger partial charge < -0.3 is 14.1 Å². The molecule has 7 nitrogen and oxygen atoms in total. The fourth-order valence-electron chi connectivity index (χ4n) is 3.48. The topological polar surface area (TPSA) is 88.9 Å². The maximum atomic E-state index is 13.6. The standard InChI is InChI=1S/C21H19FN2O5S/c1-28-18-9-6-15(22)13-20(18)30(26,27)23-16-7-8-17-14(12-16)4-2-10-24(17)21(25)19-5-3-11-29-19/h3,5-9,11-13,23H,2,4,10H2,1H3. The molecule has 1 aliphatic heterocycles. The van der Waals surface area contributed by atoms with Crippen LogP contribution in [-0.4, -0.2) is 28.0 Å². The smallest absolute Gasteiger partial charge is 0.293 e. The molecule has 156 valence electrons. The summed E-state index contributed by atoms with van der Waals surface area (Å²) >= 11 is 0. The fourth-order valence-corrected chi connectivity index (χ4v) is 4.71. The van der Waals surface area contributed by atoms with E-state index in [1.54, 1.807) is 35.2 Å². The molecule has 0 fully saturated rings. The van der Waals surface area contributed by atoms with Crippen molar-refractivity contribution in [2.45, 2.75) is 17.7 Å². The molecule has 9 heteroatoms. The first-order valence-electron chi connectivity index (χ1n) is 9.24. The highest BCUT2D eigenvalue weighted by atomic mass is 32.2. The Kier molecular flexibility index (Phi) is 5.21. The number of carbonyl (C=O) groups is 1. The Bertz CT molecular complexity index is 1190. The second kappa shape index (κ2) is 7.83. The highest BCUT2D eigenvalue weighted by Gasteiger charge is 2.26. The van der Waals surface area contributed by atoms with Crippen molar-refractivity contribution < 1.29 is 26.8 Å². The zero-order chi connectivity index (χ0) is 21.3. The lowest BCUT2D eigenvalue weighted by molar-refractivity contribution is 0.0958. The molecule has 0 spiro atoms. The van der Waals surface area contributed by atoms with Crippen molar-refractivity contribution >= 4 is 27.3 Å². The fraction of sp³-hybridized carbons (Fsp3) is 0.190. The summed E-state index contributed by atoms with van der Waals surface area (Å²) < 4.78 is 51.9. The van der Waals surface area contributed by atoms with E-state index in [0.29, 0.717) is 24.3 Å². The van der Waals surface area contributed by atoms with E-state index in [1.165, 1.54) is 19.4 Å². The zero-order valence-electron chi connectivity index (χ0n) is 16.1. The molecule has 2 heterocycles.